The van der Waals surface area contributed by atoms with E-state index in [1.807, 2.05) is 6.07 Å². The van der Waals surface area contributed by atoms with Crippen LogP contribution in [0.15, 0.2) is 23.0 Å². The lowest BCUT2D eigenvalue weighted by atomic mass is 9.70. The molecule has 2 rings (SSSR count). The third-order valence-electron chi connectivity index (χ3n) is 3.55. The molecule has 3 heteroatoms. The molecular weight excluding hydrogens is 204 g/mol. The van der Waals surface area contributed by atoms with Crippen molar-refractivity contribution in [2.24, 2.45) is 5.41 Å². The number of ether oxygens (including phenoxy) is 1. The van der Waals surface area contributed by atoms with E-state index in [0.29, 0.717) is 0 Å². The lowest BCUT2D eigenvalue weighted by Crippen LogP contribution is -2.36. The minimum Gasteiger partial charge on any atom is -0.472 e. The largest absolute Gasteiger partial charge is 0.472 e. The topological polar surface area (TPSA) is 39.4 Å². The van der Waals surface area contributed by atoms with E-state index in [-0.39, 0.29) is 11.4 Å². The van der Waals surface area contributed by atoms with Crippen molar-refractivity contribution >= 4 is 5.97 Å². The van der Waals surface area contributed by atoms with Crippen molar-refractivity contribution in [2.45, 2.75) is 38.5 Å². The Balaban J connectivity index is 2.16. The Morgan fingerprint density at radius 2 is 2.19 bits per heavy atom. The van der Waals surface area contributed by atoms with Gasteiger partial charge in [-0.05, 0) is 30.9 Å². The minimum absolute atomic E-state index is 0.0617. The van der Waals surface area contributed by atoms with Gasteiger partial charge < -0.3 is 9.15 Å². The fourth-order valence-electron chi connectivity index (χ4n) is 2.68. The molecule has 0 radical (unpaired) electrons. The molecule has 1 saturated carbocycles. The molecule has 0 saturated heterocycles. The number of rotatable bonds is 3. The molecule has 1 heterocycles. The summed E-state index contributed by atoms with van der Waals surface area (Å²) >= 11 is 0. The first-order chi connectivity index (χ1) is 7.77. The van der Waals surface area contributed by atoms with Crippen LogP contribution in [0.5, 0.6) is 0 Å². The van der Waals surface area contributed by atoms with Gasteiger partial charge in [-0.3, -0.25) is 4.79 Å². The summed E-state index contributed by atoms with van der Waals surface area (Å²) in [7, 11) is 1.48. The van der Waals surface area contributed by atoms with Crippen LogP contribution in [0.2, 0.25) is 0 Å². The third kappa shape index (κ3) is 2.13. The Morgan fingerprint density at radius 1 is 1.44 bits per heavy atom. The van der Waals surface area contributed by atoms with E-state index in [2.05, 4.69) is 0 Å². The van der Waals surface area contributed by atoms with Crippen LogP contribution in [-0.4, -0.2) is 13.1 Å². The van der Waals surface area contributed by atoms with Gasteiger partial charge in [-0.2, -0.15) is 0 Å². The number of carbonyl (C=O) groups is 1. The summed E-state index contributed by atoms with van der Waals surface area (Å²) in [4.78, 5) is 12.0. The molecule has 16 heavy (non-hydrogen) atoms. The summed E-state index contributed by atoms with van der Waals surface area (Å²) in [5, 5.41) is 0. The predicted molar refractivity (Wildman–Crippen MR) is 59.9 cm³/mol. The van der Waals surface area contributed by atoms with Crippen molar-refractivity contribution in [3.05, 3.63) is 24.2 Å². The minimum atomic E-state index is -0.309. The molecule has 0 aliphatic heterocycles. The van der Waals surface area contributed by atoms with Crippen molar-refractivity contribution in [1.82, 2.24) is 0 Å². The highest BCUT2D eigenvalue weighted by Crippen LogP contribution is 2.40. The number of esters is 1. The molecule has 3 nitrogen and oxygen atoms in total. The zero-order chi connectivity index (χ0) is 11.4. The van der Waals surface area contributed by atoms with Crippen molar-refractivity contribution in [1.29, 1.82) is 0 Å². The number of hydrogen-bond acceptors (Lipinski definition) is 3. The van der Waals surface area contributed by atoms with Crippen LogP contribution in [-0.2, 0) is 16.0 Å². The fourth-order valence-corrected chi connectivity index (χ4v) is 2.68. The molecule has 0 amide bonds. The summed E-state index contributed by atoms with van der Waals surface area (Å²) in [6.07, 6.45) is 9.46. The predicted octanol–water partition coefficient (Wildman–Crippen LogP) is 2.95. The first-order valence-corrected chi connectivity index (χ1v) is 5.86. The molecule has 1 aliphatic rings. The summed E-state index contributed by atoms with van der Waals surface area (Å²) in [6, 6.07) is 1.93. The van der Waals surface area contributed by atoms with Crippen LogP contribution in [0, 0.1) is 5.41 Å². The average Bonchev–Trinajstić information content (AvgIpc) is 2.82. The Labute approximate surface area is 95.8 Å². The SMILES string of the molecule is COC(=O)C1(Cc2ccoc2)CCCCC1. The van der Waals surface area contributed by atoms with Gasteiger partial charge in [0.15, 0.2) is 0 Å². The Hall–Kier alpha value is -1.25. The standard InChI is InChI=1S/C13H18O3/c1-15-12(14)13(6-3-2-4-7-13)9-11-5-8-16-10-11/h5,8,10H,2-4,6-7,9H2,1H3. The summed E-state index contributed by atoms with van der Waals surface area (Å²) in [6.45, 7) is 0. The van der Waals surface area contributed by atoms with Crippen LogP contribution >= 0.6 is 0 Å². The molecular formula is C13H18O3. The van der Waals surface area contributed by atoms with Gasteiger partial charge >= 0.3 is 5.97 Å². The van der Waals surface area contributed by atoms with Crippen LogP contribution in [0.25, 0.3) is 0 Å². The zero-order valence-corrected chi connectivity index (χ0v) is 9.70. The second-order valence-electron chi connectivity index (χ2n) is 4.64. The maximum Gasteiger partial charge on any atom is 0.312 e. The first kappa shape index (κ1) is 11.2. The maximum absolute atomic E-state index is 12.0. The molecule has 0 spiro atoms. The first-order valence-electron chi connectivity index (χ1n) is 5.86. The molecule has 0 atom stereocenters. The lowest BCUT2D eigenvalue weighted by molar-refractivity contribution is -0.154. The Kier molecular flexibility index (Phi) is 3.32. The second kappa shape index (κ2) is 4.73. The number of furan rings is 1. The molecule has 0 N–H and O–H groups in total. The van der Waals surface area contributed by atoms with Crippen molar-refractivity contribution in [3.63, 3.8) is 0 Å². The third-order valence-corrected chi connectivity index (χ3v) is 3.55. The van der Waals surface area contributed by atoms with Crippen molar-refractivity contribution < 1.29 is 13.9 Å². The number of hydrogen-bond donors (Lipinski definition) is 0. The van der Waals surface area contributed by atoms with Gasteiger partial charge in [0.2, 0.25) is 0 Å². The van der Waals surface area contributed by atoms with Gasteiger partial charge in [0.1, 0.15) is 0 Å². The summed E-state index contributed by atoms with van der Waals surface area (Å²) < 4.78 is 10.0. The Morgan fingerprint density at radius 3 is 2.75 bits per heavy atom. The maximum atomic E-state index is 12.0. The lowest BCUT2D eigenvalue weighted by Gasteiger charge is -2.34. The second-order valence-corrected chi connectivity index (χ2v) is 4.64. The van der Waals surface area contributed by atoms with Crippen molar-refractivity contribution in [2.75, 3.05) is 7.11 Å². The molecule has 0 aromatic carbocycles. The molecule has 1 aliphatic carbocycles. The normalized spacial score (nSPS) is 19.3. The van der Waals surface area contributed by atoms with Crippen LogP contribution < -0.4 is 0 Å². The van der Waals surface area contributed by atoms with Crippen LogP contribution in [0.4, 0.5) is 0 Å². The average molecular weight is 222 g/mol. The quantitative estimate of drug-likeness (QED) is 0.738. The number of carbonyl (C=O) groups excluding carboxylic acids is 1. The smallest absolute Gasteiger partial charge is 0.312 e. The molecule has 0 unspecified atom stereocenters. The van der Waals surface area contributed by atoms with Gasteiger partial charge in [0.05, 0.1) is 25.1 Å². The van der Waals surface area contributed by atoms with E-state index in [1.165, 1.54) is 13.5 Å². The highest BCUT2D eigenvalue weighted by atomic mass is 16.5. The molecule has 1 aromatic heterocycles. The summed E-state index contributed by atoms with van der Waals surface area (Å²) in [5.74, 6) is -0.0617. The zero-order valence-electron chi connectivity index (χ0n) is 9.70. The molecule has 1 fully saturated rings. The Bertz CT molecular complexity index is 334. The van der Waals surface area contributed by atoms with Gasteiger partial charge in [0.25, 0.3) is 0 Å². The van der Waals surface area contributed by atoms with Gasteiger partial charge in [-0.15, -0.1) is 0 Å². The summed E-state index contributed by atoms with van der Waals surface area (Å²) in [5.41, 5.74) is 0.781. The fraction of sp³-hybridized carbons (Fsp3) is 0.615. The van der Waals surface area contributed by atoms with Gasteiger partial charge in [-0.25, -0.2) is 0 Å². The van der Waals surface area contributed by atoms with Gasteiger partial charge in [-0.1, -0.05) is 19.3 Å². The monoisotopic (exact) mass is 222 g/mol. The highest BCUT2D eigenvalue weighted by molar-refractivity contribution is 5.77. The van der Waals surface area contributed by atoms with E-state index in [0.717, 1.165) is 37.7 Å². The van der Waals surface area contributed by atoms with E-state index >= 15 is 0 Å². The van der Waals surface area contributed by atoms with E-state index in [1.54, 1.807) is 12.5 Å². The molecule has 88 valence electrons. The number of methoxy groups -OCH3 is 1. The highest BCUT2D eigenvalue weighted by Gasteiger charge is 2.40. The van der Waals surface area contributed by atoms with Crippen LogP contribution in [0.3, 0.4) is 0 Å². The van der Waals surface area contributed by atoms with E-state index in [4.69, 9.17) is 9.15 Å². The van der Waals surface area contributed by atoms with Crippen molar-refractivity contribution in [3.8, 4) is 0 Å². The molecule has 1 aromatic rings. The van der Waals surface area contributed by atoms with Gasteiger partial charge in [0, 0.05) is 0 Å². The van der Waals surface area contributed by atoms with E-state index in [9.17, 15) is 4.79 Å². The van der Waals surface area contributed by atoms with Crippen LogP contribution in [0.1, 0.15) is 37.7 Å². The van der Waals surface area contributed by atoms with E-state index < -0.39 is 0 Å². The molecule has 0 bridgehead atoms.